The van der Waals surface area contributed by atoms with Crippen molar-refractivity contribution in [3.05, 3.63) is 22.9 Å². The SMILES string of the molecule is CC(C)[SiH](C1=CC=C(C(=O)C[NH+]2C(=O)CCC2=O)CC1)C(C)C. The molecule has 0 atom stereocenters. The van der Waals surface area contributed by atoms with Gasteiger partial charge in [-0.05, 0) is 23.9 Å². The Morgan fingerprint density at radius 3 is 2.00 bits per heavy atom. The van der Waals surface area contributed by atoms with Crippen molar-refractivity contribution in [2.24, 2.45) is 0 Å². The van der Waals surface area contributed by atoms with E-state index in [1.54, 1.807) is 5.20 Å². The molecule has 2 rings (SSSR count). The van der Waals surface area contributed by atoms with Crippen LogP contribution in [-0.4, -0.2) is 32.9 Å². The Bertz CT molecular complexity index is 551. The topological polar surface area (TPSA) is 55.6 Å². The molecule has 1 aliphatic carbocycles. The third kappa shape index (κ3) is 4.15. The molecule has 1 N–H and O–H groups in total. The lowest BCUT2D eigenvalue weighted by Crippen LogP contribution is -3.15. The molecule has 1 fully saturated rings. The summed E-state index contributed by atoms with van der Waals surface area (Å²) in [6.07, 6.45) is 6.36. The molecule has 0 spiro atoms. The quantitative estimate of drug-likeness (QED) is 0.592. The fourth-order valence-corrected chi connectivity index (χ4v) is 7.99. The van der Waals surface area contributed by atoms with E-state index in [9.17, 15) is 14.4 Å². The van der Waals surface area contributed by atoms with Gasteiger partial charge in [-0.2, -0.15) is 0 Å². The number of allylic oxidation sites excluding steroid dienone is 3. The number of imide groups is 1. The van der Waals surface area contributed by atoms with E-state index in [0.29, 0.717) is 0 Å². The maximum atomic E-state index is 12.4. The van der Waals surface area contributed by atoms with Crippen LogP contribution in [0.25, 0.3) is 0 Å². The second-order valence-electron chi connectivity index (χ2n) is 7.37. The highest BCUT2D eigenvalue weighted by Crippen LogP contribution is 2.31. The second kappa shape index (κ2) is 7.49. The molecule has 0 radical (unpaired) electrons. The van der Waals surface area contributed by atoms with Crippen LogP contribution in [0.2, 0.25) is 11.1 Å². The van der Waals surface area contributed by atoms with Gasteiger partial charge in [0.1, 0.15) is 0 Å². The smallest absolute Gasteiger partial charge is 0.288 e. The normalized spacial score (nSPS) is 19.8. The molecule has 0 saturated carbocycles. The third-order valence-electron chi connectivity index (χ3n) is 4.99. The van der Waals surface area contributed by atoms with Gasteiger partial charge in [0.25, 0.3) is 0 Å². The summed E-state index contributed by atoms with van der Waals surface area (Å²) < 4.78 is 0. The van der Waals surface area contributed by atoms with Crippen molar-refractivity contribution in [1.82, 2.24) is 0 Å². The van der Waals surface area contributed by atoms with Crippen LogP contribution in [0.15, 0.2) is 22.9 Å². The van der Waals surface area contributed by atoms with Gasteiger partial charge in [0.15, 0.2) is 6.54 Å². The Kier molecular flexibility index (Phi) is 5.87. The lowest BCUT2D eigenvalue weighted by molar-refractivity contribution is -0.722. The molecule has 2 aliphatic rings. The first-order valence-electron chi connectivity index (χ1n) is 8.66. The zero-order chi connectivity index (χ0) is 17.1. The van der Waals surface area contributed by atoms with Crippen LogP contribution in [-0.2, 0) is 14.4 Å². The van der Waals surface area contributed by atoms with E-state index in [4.69, 9.17) is 0 Å². The number of likely N-dealkylation sites (tertiary alicyclic amines) is 1. The zero-order valence-electron chi connectivity index (χ0n) is 14.6. The van der Waals surface area contributed by atoms with Crippen molar-refractivity contribution in [3.63, 3.8) is 0 Å². The lowest BCUT2D eigenvalue weighted by atomic mass is 10.0. The number of hydrogen-bond acceptors (Lipinski definition) is 3. The summed E-state index contributed by atoms with van der Waals surface area (Å²) in [6, 6.07) is 0. The highest BCUT2D eigenvalue weighted by molar-refractivity contribution is 6.69. The van der Waals surface area contributed by atoms with Crippen LogP contribution in [0, 0.1) is 0 Å². The van der Waals surface area contributed by atoms with Crippen LogP contribution in [0.5, 0.6) is 0 Å². The predicted octanol–water partition coefficient (Wildman–Crippen LogP) is 1.52. The van der Waals surface area contributed by atoms with Crippen molar-refractivity contribution in [2.45, 2.75) is 64.5 Å². The molecule has 0 aromatic carbocycles. The van der Waals surface area contributed by atoms with Crippen molar-refractivity contribution in [2.75, 3.05) is 6.54 Å². The average Bonchev–Trinajstić information content (AvgIpc) is 2.79. The van der Waals surface area contributed by atoms with E-state index in [1.165, 1.54) is 0 Å². The molecular formula is C18H28NO3Si+. The number of quaternary nitrogens is 1. The predicted molar refractivity (Wildman–Crippen MR) is 92.8 cm³/mol. The number of Topliss-reactive ketones (excluding diaryl/α,β-unsaturated/α-hetero) is 1. The van der Waals surface area contributed by atoms with Gasteiger partial charge in [0.2, 0.25) is 5.78 Å². The van der Waals surface area contributed by atoms with E-state index in [2.05, 4.69) is 33.8 Å². The van der Waals surface area contributed by atoms with E-state index in [0.717, 1.165) is 29.5 Å². The van der Waals surface area contributed by atoms with Gasteiger partial charge in [-0.25, -0.2) is 14.5 Å². The molecule has 2 amide bonds. The average molecular weight is 335 g/mol. The highest BCUT2D eigenvalue weighted by atomic mass is 28.3. The van der Waals surface area contributed by atoms with Crippen molar-refractivity contribution < 1.29 is 19.3 Å². The van der Waals surface area contributed by atoms with Crippen molar-refractivity contribution >= 4 is 26.4 Å². The number of hydrogen-bond donors (Lipinski definition) is 1. The number of carbonyl (C=O) groups excluding carboxylic acids is 3. The lowest BCUT2D eigenvalue weighted by Gasteiger charge is -2.28. The molecule has 23 heavy (non-hydrogen) atoms. The van der Waals surface area contributed by atoms with Crippen LogP contribution in [0.4, 0.5) is 0 Å². The van der Waals surface area contributed by atoms with Crippen LogP contribution in [0.1, 0.15) is 53.4 Å². The molecule has 126 valence electrons. The monoisotopic (exact) mass is 334 g/mol. The Morgan fingerprint density at radius 1 is 1.00 bits per heavy atom. The minimum atomic E-state index is -0.980. The van der Waals surface area contributed by atoms with Gasteiger partial charge in [0, 0.05) is 5.57 Å². The van der Waals surface area contributed by atoms with E-state index in [-0.39, 0.29) is 41.9 Å². The molecule has 1 heterocycles. The summed E-state index contributed by atoms with van der Waals surface area (Å²) >= 11 is 0. The summed E-state index contributed by atoms with van der Waals surface area (Å²) in [5.41, 5.74) is 2.21. The molecule has 5 heteroatoms. The fraction of sp³-hybridized carbons (Fsp3) is 0.611. The van der Waals surface area contributed by atoms with Crippen LogP contribution >= 0.6 is 0 Å². The maximum Gasteiger partial charge on any atom is 0.320 e. The first-order chi connectivity index (χ1) is 10.8. The summed E-state index contributed by atoms with van der Waals surface area (Å²) in [7, 11) is -0.980. The number of carbonyl (C=O) groups is 3. The van der Waals surface area contributed by atoms with Gasteiger partial charge in [-0.3, -0.25) is 4.79 Å². The summed E-state index contributed by atoms with van der Waals surface area (Å²) in [5, 5.41) is 1.55. The Labute approximate surface area is 140 Å². The van der Waals surface area contributed by atoms with Gasteiger partial charge < -0.3 is 0 Å². The van der Waals surface area contributed by atoms with Crippen LogP contribution < -0.4 is 4.90 Å². The minimum Gasteiger partial charge on any atom is -0.288 e. The Balaban J connectivity index is 2.06. The highest BCUT2D eigenvalue weighted by Gasteiger charge is 2.37. The number of ketones is 1. The minimum absolute atomic E-state index is 0.00188. The summed E-state index contributed by atoms with van der Waals surface area (Å²) in [6.45, 7) is 9.21. The molecule has 0 unspecified atom stereocenters. The Morgan fingerprint density at radius 2 is 1.57 bits per heavy atom. The number of rotatable bonds is 6. The van der Waals surface area contributed by atoms with Gasteiger partial charge >= 0.3 is 11.8 Å². The number of nitrogens with one attached hydrogen (secondary N) is 1. The largest absolute Gasteiger partial charge is 0.320 e. The molecule has 0 aromatic heterocycles. The third-order valence-corrected chi connectivity index (χ3v) is 9.20. The molecule has 1 aliphatic heterocycles. The van der Waals surface area contributed by atoms with E-state index >= 15 is 0 Å². The van der Waals surface area contributed by atoms with Crippen molar-refractivity contribution in [1.29, 1.82) is 0 Å². The van der Waals surface area contributed by atoms with Gasteiger partial charge in [0.05, 0.1) is 21.6 Å². The molecule has 4 nitrogen and oxygen atoms in total. The standard InChI is InChI=1S/C18H27NO3Si/c1-12(2)23(13(3)4)15-7-5-14(6-8-15)16(20)11-19-17(21)9-10-18(19)22/h5,7,12-13,23H,6,8-11H2,1-4H3/p+1. The van der Waals surface area contributed by atoms with E-state index in [1.807, 2.05) is 6.08 Å². The van der Waals surface area contributed by atoms with E-state index < -0.39 is 8.80 Å². The molecule has 0 aromatic rings. The fourth-order valence-electron chi connectivity index (χ4n) is 3.95. The summed E-state index contributed by atoms with van der Waals surface area (Å²) in [4.78, 5) is 35.9. The maximum absolute atomic E-state index is 12.4. The van der Waals surface area contributed by atoms with Crippen molar-refractivity contribution in [3.8, 4) is 0 Å². The summed E-state index contributed by atoms with van der Waals surface area (Å²) in [5.74, 6) is -0.322. The molecule has 1 saturated heterocycles. The molecule has 0 bridgehead atoms. The van der Waals surface area contributed by atoms with Gasteiger partial charge in [-0.15, -0.1) is 0 Å². The first-order valence-corrected chi connectivity index (χ1v) is 10.6. The second-order valence-corrected chi connectivity index (χ2v) is 11.8. The van der Waals surface area contributed by atoms with Gasteiger partial charge in [-0.1, -0.05) is 45.0 Å². The number of amides is 2. The van der Waals surface area contributed by atoms with Crippen LogP contribution in [0.3, 0.4) is 0 Å². The Hall–Kier alpha value is -1.33. The zero-order valence-corrected chi connectivity index (χ0v) is 15.8. The first kappa shape index (κ1) is 18.0. The molecular weight excluding hydrogens is 306 g/mol.